The molecule has 0 saturated carbocycles. The van der Waals surface area contributed by atoms with Crippen molar-refractivity contribution in [2.24, 2.45) is 0 Å². The predicted octanol–water partition coefficient (Wildman–Crippen LogP) is 3.09. The Kier molecular flexibility index (Phi) is 6.85. The first-order valence-corrected chi connectivity index (χ1v) is 8.90. The van der Waals surface area contributed by atoms with E-state index in [4.69, 9.17) is 16.3 Å². The minimum atomic E-state index is -0.190. The topological polar surface area (TPSA) is 42.8 Å². The molecule has 0 saturated heterocycles. The molecule has 25 heavy (non-hydrogen) atoms. The molecule has 1 amide bonds. The van der Waals surface area contributed by atoms with Gasteiger partial charge in [-0.25, -0.2) is 0 Å². The number of ether oxygens (including phenoxy) is 1. The van der Waals surface area contributed by atoms with Gasteiger partial charge in [0.25, 0.3) is 5.91 Å². The molecule has 4 nitrogen and oxygen atoms in total. The third-order valence-corrected chi connectivity index (χ3v) is 4.78. The summed E-state index contributed by atoms with van der Waals surface area (Å²) >= 11 is 6.12. The van der Waals surface area contributed by atoms with Crippen LogP contribution in [0.25, 0.3) is 0 Å². The van der Waals surface area contributed by atoms with Crippen LogP contribution in [0.1, 0.15) is 25.0 Å². The maximum Gasteiger partial charge on any atom is 0.282 e. The van der Waals surface area contributed by atoms with Crippen LogP contribution in [-0.4, -0.2) is 25.6 Å². The zero-order valence-electron chi connectivity index (χ0n) is 15.2. The van der Waals surface area contributed by atoms with Crippen LogP contribution in [0.3, 0.4) is 0 Å². The van der Waals surface area contributed by atoms with Crippen LogP contribution in [0.4, 0.5) is 5.69 Å². The van der Waals surface area contributed by atoms with Gasteiger partial charge in [-0.3, -0.25) is 4.79 Å². The number of benzene rings is 2. The first kappa shape index (κ1) is 19.3. The normalized spacial score (nSPS) is 13.2. The highest BCUT2D eigenvalue weighted by atomic mass is 35.5. The predicted molar refractivity (Wildman–Crippen MR) is 102 cm³/mol. The van der Waals surface area contributed by atoms with Crippen molar-refractivity contribution in [1.29, 1.82) is 0 Å². The van der Waals surface area contributed by atoms with Gasteiger partial charge in [-0.2, -0.15) is 0 Å². The Labute approximate surface area is 154 Å². The number of halogens is 1. The van der Waals surface area contributed by atoms with Crippen LogP contribution in [0.5, 0.6) is 5.75 Å². The van der Waals surface area contributed by atoms with E-state index < -0.39 is 0 Å². The van der Waals surface area contributed by atoms with E-state index in [-0.39, 0.29) is 11.9 Å². The average molecular weight is 362 g/mol. The van der Waals surface area contributed by atoms with Gasteiger partial charge in [0.15, 0.2) is 6.04 Å². The Balaban J connectivity index is 1.97. The van der Waals surface area contributed by atoms with Crippen molar-refractivity contribution in [3.63, 3.8) is 0 Å². The van der Waals surface area contributed by atoms with Gasteiger partial charge in [0.1, 0.15) is 12.3 Å². The Morgan fingerprint density at radius 3 is 2.56 bits per heavy atom. The molecule has 1 unspecified atom stereocenters. The Morgan fingerprint density at radius 1 is 1.24 bits per heavy atom. The third kappa shape index (κ3) is 5.21. The summed E-state index contributed by atoms with van der Waals surface area (Å²) in [6, 6.07) is 13.3. The molecule has 0 heterocycles. The van der Waals surface area contributed by atoms with Crippen LogP contribution < -0.4 is 15.0 Å². The Bertz CT molecular complexity index is 716. The third-order valence-electron chi connectivity index (χ3n) is 4.38. The zero-order chi connectivity index (χ0) is 18.4. The van der Waals surface area contributed by atoms with Gasteiger partial charge in [-0.05, 0) is 62.7 Å². The largest absolute Gasteiger partial charge is 0.494 e. The van der Waals surface area contributed by atoms with Crippen LogP contribution in [0, 0.1) is 6.92 Å². The maximum atomic E-state index is 12.6. The number of likely N-dealkylation sites (N-methyl/N-ethyl adjacent to an activating group) is 1. The average Bonchev–Trinajstić information content (AvgIpc) is 2.60. The number of carbonyl (C=O) groups is 1. The fourth-order valence-corrected chi connectivity index (χ4v) is 2.73. The monoisotopic (exact) mass is 361 g/mol. The number of carbonyl (C=O) groups excluding carboxylic acids is 1. The van der Waals surface area contributed by atoms with E-state index in [9.17, 15) is 4.79 Å². The van der Waals surface area contributed by atoms with E-state index in [0.717, 1.165) is 28.4 Å². The number of hydrogen-bond donors (Lipinski definition) is 2. The second kappa shape index (κ2) is 8.88. The lowest BCUT2D eigenvalue weighted by atomic mass is 10.1. The standard InChI is InChI=1S/C20H25ClN2O2/c1-5-25-17-11-9-16(10-12-17)13-23(4)15(3)20(24)22-19-8-6-7-18(21)14(19)2/h6-12,15H,5,13H2,1-4H3,(H,22,24)/p+1/t15-/m0/s1. The highest BCUT2D eigenvalue weighted by molar-refractivity contribution is 6.31. The summed E-state index contributed by atoms with van der Waals surface area (Å²) in [5.41, 5.74) is 2.81. The first-order valence-electron chi connectivity index (χ1n) is 8.52. The van der Waals surface area contributed by atoms with E-state index in [2.05, 4.69) is 5.32 Å². The summed E-state index contributed by atoms with van der Waals surface area (Å²) in [7, 11) is 2.02. The number of hydrogen-bond acceptors (Lipinski definition) is 2. The van der Waals surface area contributed by atoms with Crippen molar-refractivity contribution >= 4 is 23.2 Å². The number of quaternary nitrogens is 1. The minimum Gasteiger partial charge on any atom is -0.494 e. The van der Waals surface area contributed by atoms with Crippen molar-refractivity contribution in [3.8, 4) is 5.75 Å². The molecule has 0 fully saturated rings. The van der Waals surface area contributed by atoms with E-state index in [0.29, 0.717) is 11.6 Å². The molecule has 2 aromatic carbocycles. The number of anilines is 1. The van der Waals surface area contributed by atoms with Gasteiger partial charge in [0, 0.05) is 16.3 Å². The van der Waals surface area contributed by atoms with Crippen molar-refractivity contribution in [3.05, 3.63) is 58.6 Å². The second-order valence-electron chi connectivity index (χ2n) is 6.22. The summed E-state index contributed by atoms with van der Waals surface area (Å²) in [5, 5.41) is 3.63. The zero-order valence-corrected chi connectivity index (χ0v) is 16.0. The number of rotatable bonds is 7. The van der Waals surface area contributed by atoms with E-state index >= 15 is 0 Å². The molecule has 0 bridgehead atoms. The van der Waals surface area contributed by atoms with E-state index in [1.807, 2.05) is 70.3 Å². The van der Waals surface area contributed by atoms with E-state index in [1.165, 1.54) is 5.56 Å². The maximum absolute atomic E-state index is 12.6. The van der Waals surface area contributed by atoms with Gasteiger partial charge in [-0.1, -0.05) is 17.7 Å². The lowest BCUT2D eigenvalue weighted by molar-refractivity contribution is -0.907. The summed E-state index contributed by atoms with van der Waals surface area (Å²) in [4.78, 5) is 13.7. The lowest BCUT2D eigenvalue weighted by Crippen LogP contribution is -3.12. The molecule has 2 atom stereocenters. The van der Waals surface area contributed by atoms with Crippen molar-refractivity contribution in [2.45, 2.75) is 33.4 Å². The molecular formula is C20H26ClN2O2+. The van der Waals surface area contributed by atoms with E-state index in [1.54, 1.807) is 0 Å². The molecule has 0 aliphatic carbocycles. The van der Waals surface area contributed by atoms with Crippen molar-refractivity contribution in [2.75, 3.05) is 19.0 Å². The van der Waals surface area contributed by atoms with Crippen LogP contribution >= 0.6 is 11.6 Å². The molecular weight excluding hydrogens is 336 g/mol. The lowest BCUT2D eigenvalue weighted by Gasteiger charge is -2.22. The molecule has 0 aromatic heterocycles. The van der Waals surface area contributed by atoms with Crippen LogP contribution in [-0.2, 0) is 11.3 Å². The molecule has 5 heteroatoms. The number of amides is 1. The summed E-state index contributed by atoms with van der Waals surface area (Å²) in [6.07, 6.45) is 0. The Morgan fingerprint density at radius 2 is 1.92 bits per heavy atom. The highest BCUT2D eigenvalue weighted by Gasteiger charge is 2.22. The molecule has 2 N–H and O–H groups in total. The molecule has 0 aliphatic rings. The summed E-state index contributed by atoms with van der Waals surface area (Å²) in [5.74, 6) is 0.847. The SMILES string of the molecule is CCOc1ccc(C[NH+](C)[C@@H](C)C(=O)Nc2cccc(Cl)c2C)cc1. The van der Waals surface area contributed by atoms with Crippen LogP contribution in [0.15, 0.2) is 42.5 Å². The van der Waals surface area contributed by atoms with Gasteiger partial charge < -0.3 is 15.0 Å². The fourth-order valence-electron chi connectivity index (χ4n) is 2.55. The summed E-state index contributed by atoms with van der Waals surface area (Å²) in [6.45, 7) is 7.21. The molecule has 134 valence electrons. The smallest absolute Gasteiger partial charge is 0.282 e. The molecule has 2 rings (SSSR count). The first-order chi connectivity index (χ1) is 11.9. The molecule has 0 spiro atoms. The number of nitrogens with one attached hydrogen (secondary N) is 2. The van der Waals surface area contributed by atoms with Crippen LogP contribution in [0.2, 0.25) is 5.02 Å². The van der Waals surface area contributed by atoms with Gasteiger partial charge in [-0.15, -0.1) is 0 Å². The van der Waals surface area contributed by atoms with Crippen molar-refractivity contribution in [1.82, 2.24) is 0 Å². The highest BCUT2D eigenvalue weighted by Crippen LogP contribution is 2.22. The van der Waals surface area contributed by atoms with Gasteiger partial charge in [0.05, 0.1) is 13.7 Å². The van der Waals surface area contributed by atoms with Gasteiger partial charge in [0.2, 0.25) is 0 Å². The minimum absolute atomic E-state index is 0.0196. The van der Waals surface area contributed by atoms with Gasteiger partial charge >= 0.3 is 0 Å². The van der Waals surface area contributed by atoms with Crippen molar-refractivity contribution < 1.29 is 14.4 Å². The Hall–Kier alpha value is -2.04. The molecule has 2 aromatic rings. The second-order valence-corrected chi connectivity index (χ2v) is 6.63. The fraction of sp³-hybridized carbons (Fsp3) is 0.350. The molecule has 0 aliphatic heterocycles. The quantitative estimate of drug-likeness (QED) is 0.795. The summed E-state index contributed by atoms with van der Waals surface area (Å²) < 4.78 is 5.46. The molecule has 0 radical (unpaired) electrons.